The number of benzene rings is 2. The number of rotatable bonds is 4. The second-order valence-electron chi connectivity index (χ2n) is 4.09. The van der Waals surface area contributed by atoms with Crippen LogP contribution < -0.4 is 4.74 Å². The predicted octanol–water partition coefficient (Wildman–Crippen LogP) is 3.74. The molecule has 92 valence electrons. The molecule has 0 aromatic heterocycles. The first-order valence-corrected chi connectivity index (χ1v) is 6.01. The molecule has 2 heteroatoms. The van der Waals surface area contributed by atoms with Crippen molar-refractivity contribution >= 4 is 6.29 Å². The lowest BCUT2D eigenvalue weighted by Gasteiger charge is -2.10. The van der Waals surface area contributed by atoms with E-state index >= 15 is 0 Å². The number of aryl methyl sites for hydroxylation is 1. The normalized spacial score (nSPS) is 10.1. The molecule has 0 amide bonds. The van der Waals surface area contributed by atoms with Gasteiger partial charge in [-0.05, 0) is 29.2 Å². The van der Waals surface area contributed by atoms with Gasteiger partial charge in [0.05, 0.1) is 12.7 Å². The molecule has 0 saturated carbocycles. The van der Waals surface area contributed by atoms with Crippen LogP contribution in [0.3, 0.4) is 0 Å². The molecule has 0 heterocycles. The van der Waals surface area contributed by atoms with Crippen molar-refractivity contribution in [3.63, 3.8) is 0 Å². The average Bonchev–Trinajstić information content (AvgIpc) is 2.46. The van der Waals surface area contributed by atoms with Gasteiger partial charge in [0, 0.05) is 0 Å². The van der Waals surface area contributed by atoms with E-state index in [2.05, 4.69) is 19.1 Å². The smallest absolute Gasteiger partial charge is 0.154 e. The van der Waals surface area contributed by atoms with Gasteiger partial charge in [0.25, 0.3) is 0 Å². The van der Waals surface area contributed by atoms with Crippen molar-refractivity contribution in [3.05, 3.63) is 53.6 Å². The van der Waals surface area contributed by atoms with E-state index in [-0.39, 0.29) is 0 Å². The zero-order chi connectivity index (χ0) is 13.0. The van der Waals surface area contributed by atoms with Crippen LogP contribution in [0.4, 0.5) is 0 Å². The number of carbonyl (C=O) groups excluding carboxylic acids is 1. The van der Waals surface area contributed by atoms with Crippen LogP contribution in [0.15, 0.2) is 42.5 Å². The summed E-state index contributed by atoms with van der Waals surface area (Å²) in [5.41, 5.74) is 3.83. The van der Waals surface area contributed by atoms with Crippen LogP contribution in [0.5, 0.6) is 5.75 Å². The topological polar surface area (TPSA) is 26.3 Å². The fraction of sp³-hybridized carbons (Fsp3) is 0.188. The minimum Gasteiger partial charge on any atom is -0.496 e. The highest BCUT2D eigenvalue weighted by atomic mass is 16.5. The first-order valence-electron chi connectivity index (χ1n) is 6.01. The Morgan fingerprint density at radius 1 is 1.11 bits per heavy atom. The van der Waals surface area contributed by atoms with Crippen LogP contribution in [0.25, 0.3) is 11.1 Å². The standard InChI is InChI=1S/C16H16O2/c1-3-12-7-9-13(10-8-12)14-5-4-6-16(18-2)15(14)11-17/h4-11H,3H2,1-2H3. The van der Waals surface area contributed by atoms with E-state index in [4.69, 9.17) is 4.74 Å². The van der Waals surface area contributed by atoms with Crippen molar-refractivity contribution in [2.75, 3.05) is 7.11 Å². The van der Waals surface area contributed by atoms with Gasteiger partial charge in [0.2, 0.25) is 0 Å². The second-order valence-corrected chi connectivity index (χ2v) is 4.09. The molecule has 18 heavy (non-hydrogen) atoms. The molecule has 0 saturated heterocycles. The lowest BCUT2D eigenvalue weighted by Crippen LogP contribution is -1.94. The number of aldehydes is 1. The van der Waals surface area contributed by atoms with Crippen molar-refractivity contribution < 1.29 is 9.53 Å². The first-order chi connectivity index (χ1) is 8.80. The molecule has 0 aliphatic carbocycles. The molecule has 2 nitrogen and oxygen atoms in total. The number of ether oxygens (including phenoxy) is 1. The van der Waals surface area contributed by atoms with Crippen molar-refractivity contribution in [1.82, 2.24) is 0 Å². The van der Waals surface area contributed by atoms with E-state index in [1.54, 1.807) is 13.2 Å². The maximum Gasteiger partial charge on any atom is 0.154 e. The zero-order valence-electron chi connectivity index (χ0n) is 10.6. The molecule has 2 aromatic carbocycles. The van der Waals surface area contributed by atoms with E-state index in [9.17, 15) is 4.79 Å². The molecule has 0 spiro atoms. The number of carbonyl (C=O) groups is 1. The van der Waals surface area contributed by atoms with Gasteiger partial charge in [0.15, 0.2) is 6.29 Å². The van der Waals surface area contributed by atoms with Gasteiger partial charge in [-0.15, -0.1) is 0 Å². The summed E-state index contributed by atoms with van der Waals surface area (Å²) < 4.78 is 5.21. The highest BCUT2D eigenvalue weighted by Crippen LogP contribution is 2.29. The van der Waals surface area contributed by atoms with Gasteiger partial charge >= 0.3 is 0 Å². The molecule has 0 N–H and O–H groups in total. The fourth-order valence-corrected chi connectivity index (χ4v) is 2.02. The van der Waals surface area contributed by atoms with Crippen LogP contribution in [0, 0.1) is 0 Å². The molecule has 0 radical (unpaired) electrons. The van der Waals surface area contributed by atoms with E-state index in [0.717, 1.165) is 23.8 Å². The molecule has 0 fully saturated rings. The molecular formula is C16H16O2. The molecule has 2 rings (SSSR count). The van der Waals surface area contributed by atoms with Crippen molar-refractivity contribution in [2.45, 2.75) is 13.3 Å². The monoisotopic (exact) mass is 240 g/mol. The summed E-state index contributed by atoms with van der Waals surface area (Å²) in [7, 11) is 1.58. The SMILES string of the molecule is CCc1ccc(-c2cccc(OC)c2C=O)cc1. The first kappa shape index (κ1) is 12.4. The van der Waals surface area contributed by atoms with E-state index < -0.39 is 0 Å². The van der Waals surface area contributed by atoms with Crippen molar-refractivity contribution in [2.24, 2.45) is 0 Å². The van der Waals surface area contributed by atoms with Crippen LogP contribution >= 0.6 is 0 Å². The predicted molar refractivity (Wildman–Crippen MR) is 73.2 cm³/mol. The Kier molecular flexibility index (Phi) is 3.78. The van der Waals surface area contributed by atoms with Crippen LogP contribution in [0.2, 0.25) is 0 Å². The third-order valence-corrected chi connectivity index (χ3v) is 3.08. The van der Waals surface area contributed by atoms with Gasteiger partial charge in [-0.3, -0.25) is 4.79 Å². The largest absolute Gasteiger partial charge is 0.496 e. The molecule has 2 aromatic rings. The Hall–Kier alpha value is -2.09. The number of hydrogen-bond donors (Lipinski definition) is 0. The third-order valence-electron chi connectivity index (χ3n) is 3.08. The highest BCUT2D eigenvalue weighted by molar-refractivity contribution is 5.91. The van der Waals surface area contributed by atoms with Gasteiger partial charge in [-0.25, -0.2) is 0 Å². The Labute approximate surface area is 107 Å². The molecule has 0 unspecified atom stereocenters. The summed E-state index contributed by atoms with van der Waals surface area (Å²) in [5, 5.41) is 0. The summed E-state index contributed by atoms with van der Waals surface area (Å²) in [6, 6.07) is 13.9. The van der Waals surface area contributed by atoms with E-state index in [0.29, 0.717) is 11.3 Å². The quantitative estimate of drug-likeness (QED) is 0.761. The maximum atomic E-state index is 11.2. The lowest BCUT2D eigenvalue weighted by atomic mass is 9.98. The Morgan fingerprint density at radius 2 is 1.83 bits per heavy atom. The molecule has 0 aliphatic rings. The van der Waals surface area contributed by atoms with Crippen LogP contribution in [0.1, 0.15) is 22.8 Å². The minimum atomic E-state index is 0.601. The molecule has 0 bridgehead atoms. The molecule has 0 aliphatic heterocycles. The van der Waals surface area contributed by atoms with Crippen molar-refractivity contribution in [3.8, 4) is 16.9 Å². The molecular weight excluding hydrogens is 224 g/mol. The summed E-state index contributed by atoms with van der Waals surface area (Å²) in [5.74, 6) is 0.613. The summed E-state index contributed by atoms with van der Waals surface area (Å²) in [6.07, 6.45) is 1.86. The van der Waals surface area contributed by atoms with E-state index in [1.807, 2.05) is 24.3 Å². The summed E-state index contributed by atoms with van der Waals surface area (Å²) in [4.78, 5) is 11.2. The lowest BCUT2D eigenvalue weighted by molar-refractivity contribution is 0.112. The van der Waals surface area contributed by atoms with Gasteiger partial charge in [-0.2, -0.15) is 0 Å². The summed E-state index contributed by atoms with van der Waals surface area (Å²) in [6.45, 7) is 2.12. The van der Waals surface area contributed by atoms with Gasteiger partial charge in [0.1, 0.15) is 5.75 Å². The third kappa shape index (κ3) is 2.28. The highest BCUT2D eigenvalue weighted by Gasteiger charge is 2.09. The van der Waals surface area contributed by atoms with Gasteiger partial charge < -0.3 is 4.74 Å². The van der Waals surface area contributed by atoms with Gasteiger partial charge in [-0.1, -0.05) is 43.3 Å². The zero-order valence-corrected chi connectivity index (χ0v) is 10.6. The number of methoxy groups -OCH3 is 1. The average molecular weight is 240 g/mol. The Balaban J connectivity index is 2.52. The van der Waals surface area contributed by atoms with Crippen molar-refractivity contribution in [1.29, 1.82) is 0 Å². The van der Waals surface area contributed by atoms with Crippen LogP contribution in [-0.4, -0.2) is 13.4 Å². The molecule has 0 atom stereocenters. The Morgan fingerprint density at radius 3 is 2.39 bits per heavy atom. The fourth-order valence-electron chi connectivity index (χ4n) is 2.02. The number of hydrogen-bond acceptors (Lipinski definition) is 2. The van der Waals surface area contributed by atoms with E-state index in [1.165, 1.54) is 5.56 Å². The Bertz CT molecular complexity index is 542. The van der Waals surface area contributed by atoms with Crippen LogP contribution in [-0.2, 0) is 6.42 Å². The summed E-state index contributed by atoms with van der Waals surface area (Å²) >= 11 is 0. The minimum absolute atomic E-state index is 0.601. The maximum absolute atomic E-state index is 11.2. The second kappa shape index (κ2) is 5.50.